The molecule has 0 fully saturated rings. The first-order valence-electron chi connectivity index (χ1n) is 7.50. The van der Waals surface area contributed by atoms with E-state index in [9.17, 15) is 8.78 Å². The highest BCUT2D eigenvalue weighted by atomic mass is 19.2. The summed E-state index contributed by atoms with van der Waals surface area (Å²) in [5.74, 6) is -0.588. The number of aromatic nitrogens is 2. The minimum atomic E-state index is -0.929. The Morgan fingerprint density at radius 2 is 2.00 bits per heavy atom. The highest BCUT2D eigenvalue weighted by Gasteiger charge is 2.16. The quantitative estimate of drug-likeness (QED) is 0.657. The Bertz CT molecular complexity index is 928. The molecule has 0 aliphatic rings. The van der Waals surface area contributed by atoms with E-state index in [1.165, 1.54) is 0 Å². The average Bonchev–Trinajstić information content (AvgIpc) is 2.93. The van der Waals surface area contributed by atoms with E-state index in [-0.39, 0.29) is 0 Å². The molecule has 0 amide bonds. The van der Waals surface area contributed by atoms with E-state index in [0.29, 0.717) is 42.0 Å². The van der Waals surface area contributed by atoms with Gasteiger partial charge in [-0.15, -0.1) is 0 Å². The summed E-state index contributed by atoms with van der Waals surface area (Å²) in [5, 5.41) is 8.74. The van der Waals surface area contributed by atoms with Gasteiger partial charge in [0.15, 0.2) is 11.6 Å². The van der Waals surface area contributed by atoms with Gasteiger partial charge < -0.3 is 9.30 Å². The van der Waals surface area contributed by atoms with E-state index < -0.39 is 11.6 Å². The molecule has 122 valence electrons. The van der Waals surface area contributed by atoms with Gasteiger partial charge in [-0.2, -0.15) is 5.26 Å². The number of imidazole rings is 1. The fraction of sp³-hybridized carbons (Fsp3) is 0.222. The lowest BCUT2D eigenvalue weighted by atomic mass is 10.2. The Hall–Kier alpha value is -2.94. The van der Waals surface area contributed by atoms with Gasteiger partial charge >= 0.3 is 0 Å². The van der Waals surface area contributed by atoms with Crippen molar-refractivity contribution in [2.75, 3.05) is 7.11 Å². The number of nitrogens with zero attached hydrogens (tertiary/aromatic N) is 3. The lowest BCUT2D eigenvalue weighted by Gasteiger charge is -2.09. The van der Waals surface area contributed by atoms with Crippen molar-refractivity contribution >= 4 is 11.0 Å². The predicted octanol–water partition coefficient (Wildman–Crippen LogP) is 4.29. The second-order valence-corrected chi connectivity index (χ2v) is 5.34. The van der Waals surface area contributed by atoms with Gasteiger partial charge in [0.25, 0.3) is 0 Å². The van der Waals surface area contributed by atoms with Crippen molar-refractivity contribution in [2.45, 2.75) is 19.4 Å². The number of ether oxygens (including phenoxy) is 1. The molecule has 0 saturated heterocycles. The average molecular weight is 327 g/mol. The van der Waals surface area contributed by atoms with Crippen LogP contribution in [0.2, 0.25) is 0 Å². The fourth-order valence-corrected chi connectivity index (χ4v) is 2.65. The van der Waals surface area contributed by atoms with Crippen LogP contribution in [0.4, 0.5) is 8.78 Å². The number of benzene rings is 2. The van der Waals surface area contributed by atoms with E-state index in [1.807, 2.05) is 28.8 Å². The third-order valence-corrected chi connectivity index (χ3v) is 3.79. The summed E-state index contributed by atoms with van der Waals surface area (Å²) in [5.41, 5.74) is 1.66. The van der Waals surface area contributed by atoms with E-state index in [0.717, 1.165) is 17.7 Å². The third kappa shape index (κ3) is 2.93. The van der Waals surface area contributed by atoms with E-state index in [4.69, 9.17) is 10.00 Å². The van der Waals surface area contributed by atoms with Gasteiger partial charge in [0.2, 0.25) is 0 Å². The van der Waals surface area contributed by atoms with Gasteiger partial charge in [-0.25, -0.2) is 13.8 Å². The summed E-state index contributed by atoms with van der Waals surface area (Å²) < 4.78 is 34.2. The summed E-state index contributed by atoms with van der Waals surface area (Å²) in [6.45, 7) is 0.488. The molecule has 4 nitrogen and oxygen atoms in total. The van der Waals surface area contributed by atoms with Crippen LogP contribution < -0.4 is 4.74 Å². The molecule has 0 aliphatic heterocycles. The van der Waals surface area contributed by atoms with Crippen LogP contribution in [0.3, 0.4) is 0 Å². The maximum absolute atomic E-state index is 13.7. The van der Waals surface area contributed by atoms with Crippen LogP contribution in [0, 0.1) is 23.0 Å². The van der Waals surface area contributed by atoms with Crippen LogP contribution in [0.15, 0.2) is 36.4 Å². The van der Waals surface area contributed by atoms with Crippen LogP contribution in [-0.4, -0.2) is 16.7 Å². The Morgan fingerprint density at radius 3 is 2.75 bits per heavy atom. The van der Waals surface area contributed by atoms with Crippen LogP contribution in [-0.2, 0) is 6.54 Å². The number of rotatable bonds is 5. The minimum Gasteiger partial charge on any atom is -0.497 e. The van der Waals surface area contributed by atoms with Crippen molar-refractivity contribution in [1.29, 1.82) is 5.26 Å². The second-order valence-electron chi connectivity index (χ2n) is 5.34. The SMILES string of the molecule is COc1cccc(-c2nc3cc(F)c(F)cc3n2CCCC#N)c1. The molecule has 24 heavy (non-hydrogen) atoms. The number of nitriles is 1. The zero-order valence-electron chi connectivity index (χ0n) is 13.1. The van der Waals surface area contributed by atoms with Gasteiger partial charge in [-0.05, 0) is 18.6 Å². The Balaban J connectivity index is 2.17. The summed E-state index contributed by atoms with van der Waals surface area (Å²) >= 11 is 0. The van der Waals surface area contributed by atoms with E-state index in [1.54, 1.807) is 7.11 Å². The van der Waals surface area contributed by atoms with Crippen molar-refractivity contribution in [1.82, 2.24) is 9.55 Å². The molecule has 0 saturated carbocycles. The van der Waals surface area contributed by atoms with Crippen molar-refractivity contribution in [3.05, 3.63) is 48.0 Å². The van der Waals surface area contributed by atoms with Crippen LogP contribution in [0.5, 0.6) is 5.75 Å². The van der Waals surface area contributed by atoms with Crippen molar-refractivity contribution in [3.8, 4) is 23.2 Å². The lowest BCUT2D eigenvalue weighted by Crippen LogP contribution is -2.01. The van der Waals surface area contributed by atoms with Crippen molar-refractivity contribution < 1.29 is 13.5 Å². The van der Waals surface area contributed by atoms with Crippen molar-refractivity contribution in [2.24, 2.45) is 0 Å². The normalized spacial score (nSPS) is 10.8. The highest BCUT2D eigenvalue weighted by molar-refractivity contribution is 5.81. The molecule has 6 heteroatoms. The fourth-order valence-electron chi connectivity index (χ4n) is 2.65. The molecular weight excluding hydrogens is 312 g/mol. The molecule has 0 radical (unpaired) electrons. The maximum Gasteiger partial charge on any atom is 0.161 e. The molecule has 0 atom stereocenters. The molecule has 3 aromatic rings. The number of fused-ring (bicyclic) bond motifs is 1. The van der Waals surface area contributed by atoms with Crippen molar-refractivity contribution in [3.63, 3.8) is 0 Å². The third-order valence-electron chi connectivity index (χ3n) is 3.79. The largest absolute Gasteiger partial charge is 0.497 e. The van der Waals surface area contributed by atoms with Gasteiger partial charge in [0.1, 0.15) is 11.6 Å². The zero-order valence-corrected chi connectivity index (χ0v) is 13.1. The maximum atomic E-state index is 13.7. The number of unbranched alkanes of at least 4 members (excludes halogenated alkanes) is 1. The molecule has 0 aliphatic carbocycles. The Kier molecular flexibility index (Phi) is 4.43. The summed E-state index contributed by atoms with van der Waals surface area (Å²) in [6.07, 6.45) is 0.971. The molecule has 0 spiro atoms. The smallest absolute Gasteiger partial charge is 0.161 e. The monoisotopic (exact) mass is 327 g/mol. The first kappa shape index (κ1) is 15.9. The standard InChI is InChI=1S/C18H15F2N3O/c1-24-13-6-4-5-12(9-13)18-22-16-10-14(19)15(20)11-17(16)23(18)8-3-2-7-21/h4-6,9-11H,2-3,8H2,1H3. The first-order valence-corrected chi connectivity index (χ1v) is 7.50. The first-order chi connectivity index (χ1) is 11.6. The molecule has 1 aromatic heterocycles. The summed E-state index contributed by atoms with van der Waals surface area (Å²) in [4.78, 5) is 4.46. The topological polar surface area (TPSA) is 50.8 Å². The zero-order chi connectivity index (χ0) is 17.1. The highest BCUT2D eigenvalue weighted by Crippen LogP contribution is 2.29. The van der Waals surface area contributed by atoms with Crippen LogP contribution >= 0.6 is 0 Å². The number of hydrogen-bond acceptors (Lipinski definition) is 3. The van der Waals surface area contributed by atoms with E-state index >= 15 is 0 Å². The van der Waals surface area contributed by atoms with E-state index in [2.05, 4.69) is 11.1 Å². The lowest BCUT2D eigenvalue weighted by molar-refractivity contribution is 0.415. The summed E-state index contributed by atoms with van der Waals surface area (Å²) in [6, 6.07) is 11.6. The number of hydrogen-bond donors (Lipinski definition) is 0. The Labute approximate surface area is 137 Å². The number of methoxy groups -OCH3 is 1. The van der Waals surface area contributed by atoms with Crippen LogP contribution in [0.25, 0.3) is 22.4 Å². The predicted molar refractivity (Wildman–Crippen MR) is 86.5 cm³/mol. The molecule has 0 bridgehead atoms. The van der Waals surface area contributed by atoms with Crippen LogP contribution in [0.1, 0.15) is 12.8 Å². The number of halogens is 2. The molecule has 0 N–H and O–H groups in total. The molecule has 2 aromatic carbocycles. The molecular formula is C18H15F2N3O. The van der Waals surface area contributed by atoms with Gasteiger partial charge in [-0.1, -0.05) is 12.1 Å². The molecule has 0 unspecified atom stereocenters. The molecule has 1 heterocycles. The summed E-state index contributed by atoms with van der Waals surface area (Å²) in [7, 11) is 1.57. The second kappa shape index (κ2) is 6.67. The molecule has 3 rings (SSSR count). The number of aryl methyl sites for hydroxylation is 1. The van der Waals surface area contributed by atoms with Gasteiger partial charge in [-0.3, -0.25) is 0 Å². The Morgan fingerprint density at radius 1 is 1.21 bits per heavy atom. The van der Waals surface area contributed by atoms with Gasteiger partial charge in [0.05, 0.1) is 24.2 Å². The minimum absolute atomic E-state index is 0.376. The van der Waals surface area contributed by atoms with Gasteiger partial charge in [0, 0.05) is 30.7 Å².